The van der Waals surface area contributed by atoms with Crippen molar-refractivity contribution in [3.8, 4) is 11.5 Å². The Morgan fingerprint density at radius 3 is 2.63 bits per heavy atom. The van der Waals surface area contributed by atoms with E-state index < -0.39 is 4.92 Å². The van der Waals surface area contributed by atoms with E-state index in [1.807, 2.05) is 6.92 Å². The van der Waals surface area contributed by atoms with E-state index in [1.54, 1.807) is 24.3 Å². The van der Waals surface area contributed by atoms with E-state index in [1.165, 1.54) is 29.2 Å². The molecule has 0 radical (unpaired) electrons. The molecule has 0 saturated carbocycles. The van der Waals surface area contributed by atoms with E-state index in [0.29, 0.717) is 22.4 Å². The number of nitrogens with zero attached hydrogens (tertiary/aromatic N) is 2. The van der Waals surface area contributed by atoms with E-state index in [-0.39, 0.29) is 27.8 Å². The molecule has 1 aliphatic rings. The van der Waals surface area contributed by atoms with Crippen LogP contribution in [0.15, 0.2) is 47.4 Å². The van der Waals surface area contributed by atoms with Crippen LogP contribution in [0.3, 0.4) is 0 Å². The highest BCUT2D eigenvalue weighted by atomic mass is 32.2. The van der Waals surface area contributed by atoms with E-state index in [2.05, 4.69) is 0 Å². The lowest BCUT2D eigenvalue weighted by Crippen LogP contribution is -2.27. The number of carbonyl (C=O) groups excluding carboxylic acids is 1. The SMILES string of the molecule is CCOc1ccc(N2C(=O)/C(=C/c3cc([N+](=O)[O-])ccc3O)SC2=S)cc1. The molecule has 1 fully saturated rings. The molecule has 1 aliphatic heterocycles. The van der Waals surface area contributed by atoms with Crippen molar-refractivity contribution in [1.29, 1.82) is 0 Å². The van der Waals surface area contributed by atoms with Crippen molar-refractivity contribution in [3.63, 3.8) is 0 Å². The minimum absolute atomic E-state index is 0.160. The first-order valence-corrected chi connectivity index (χ1v) is 9.11. The fourth-order valence-electron chi connectivity index (χ4n) is 2.46. The number of thiocarbonyl (C=S) groups is 1. The fourth-order valence-corrected chi connectivity index (χ4v) is 3.75. The first-order chi connectivity index (χ1) is 12.9. The van der Waals surface area contributed by atoms with Gasteiger partial charge in [-0.05, 0) is 43.3 Å². The Morgan fingerprint density at radius 2 is 2.00 bits per heavy atom. The Balaban J connectivity index is 1.91. The van der Waals surface area contributed by atoms with Gasteiger partial charge in [0.2, 0.25) is 0 Å². The van der Waals surface area contributed by atoms with Crippen molar-refractivity contribution >= 4 is 51.7 Å². The number of non-ortho nitro benzene ring substituents is 1. The predicted octanol–water partition coefficient (Wildman–Crippen LogP) is 4.10. The normalized spacial score (nSPS) is 15.4. The lowest BCUT2D eigenvalue weighted by atomic mass is 10.1. The van der Waals surface area contributed by atoms with Crippen LogP contribution in [0, 0.1) is 10.1 Å². The fraction of sp³-hybridized carbons (Fsp3) is 0.111. The molecule has 138 valence electrons. The van der Waals surface area contributed by atoms with Crippen LogP contribution in [0.1, 0.15) is 12.5 Å². The number of hydrogen-bond acceptors (Lipinski definition) is 7. The highest BCUT2D eigenvalue weighted by Crippen LogP contribution is 2.38. The molecule has 0 aliphatic carbocycles. The molecule has 0 bridgehead atoms. The van der Waals surface area contributed by atoms with Crippen molar-refractivity contribution in [2.45, 2.75) is 6.92 Å². The number of benzene rings is 2. The quantitative estimate of drug-likeness (QED) is 0.348. The average molecular weight is 402 g/mol. The van der Waals surface area contributed by atoms with Crippen LogP contribution in [0.5, 0.6) is 11.5 Å². The molecule has 0 atom stereocenters. The van der Waals surface area contributed by atoms with Gasteiger partial charge in [-0.1, -0.05) is 24.0 Å². The van der Waals surface area contributed by atoms with Crippen molar-refractivity contribution in [3.05, 3.63) is 63.0 Å². The number of phenols is 1. The van der Waals surface area contributed by atoms with Gasteiger partial charge in [0.25, 0.3) is 11.6 Å². The van der Waals surface area contributed by atoms with Gasteiger partial charge in [0.1, 0.15) is 11.5 Å². The summed E-state index contributed by atoms with van der Waals surface area (Å²) in [7, 11) is 0. The van der Waals surface area contributed by atoms with Gasteiger partial charge in [-0.2, -0.15) is 0 Å². The lowest BCUT2D eigenvalue weighted by molar-refractivity contribution is -0.384. The topological polar surface area (TPSA) is 92.9 Å². The van der Waals surface area contributed by atoms with Gasteiger partial charge >= 0.3 is 0 Å². The van der Waals surface area contributed by atoms with E-state index in [0.717, 1.165) is 11.8 Å². The molecule has 0 unspecified atom stereocenters. The van der Waals surface area contributed by atoms with Gasteiger partial charge in [0.05, 0.1) is 22.1 Å². The second kappa shape index (κ2) is 7.77. The summed E-state index contributed by atoms with van der Waals surface area (Å²) < 4.78 is 5.72. The standard InChI is InChI=1S/C18H14N2O5S2/c1-2-25-14-6-3-12(4-7-14)19-17(22)16(27-18(19)26)10-11-9-13(20(23)24)5-8-15(11)21/h3-10,21H,2H2,1H3/b16-10-. The monoisotopic (exact) mass is 402 g/mol. The summed E-state index contributed by atoms with van der Waals surface area (Å²) in [6, 6.07) is 10.6. The lowest BCUT2D eigenvalue weighted by Gasteiger charge is -2.15. The van der Waals surface area contributed by atoms with E-state index in [4.69, 9.17) is 17.0 Å². The molecule has 0 spiro atoms. The minimum Gasteiger partial charge on any atom is -0.507 e. The summed E-state index contributed by atoms with van der Waals surface area (Å²) >= 11 is 6.37. The number of phenolic OH excluding ortho intramolecular Hbond substituents is 1. The van der Waals surface area contributed by atoms with Gasteiger partial charge in [0, 0.05) is 17.7 Å². The van der Waals surface area contributed by atoms with Crippen LogP contribution in [-0.2, 0) is 4.79 Å². The van der Waals surface area contributed by atoms with Gasteiger partial charge in [-0.3, -0.25) is 19.8 Å². The number of carbonyl (C=O) groups is 1. The molecule has 9 heteroatoms. The summed E-state index contributed by atoms with van der Waals surface area (Å²) in [6.45, 7) is 2.42. The third kappa shape index (κ3) is 3.93. The Labute approximate surface area is 164 Å². The molecular weight excluding hydrogens is 388 g/mol. The zero-order chi connectivity index (χ0) is 19.6. The molecule has 0 aromatic heterocycles. The minimum atomic E-state index is -0.568. The van der Waals surface area contributed by atoms with E-state index >= 15 is 0 Å². The zero-order valence-electron chi connectivity index (χ0n) is 14.1. The highest BCUT2D eigenvalue weighted by Gasteiger charge is 2.33. The Morgan fingerprint density at radius 1 is 1.30 bits per heavy atom. The summed E-state index contributed by atoms with van der Waals surface area (Å²) in [5.41, 5.74) is 0.588. The Hall–Kier alpha value is -2.91. The summed E-state index contributed by atoms with van der Waals surface area (Å²) in [4.78, 5) is 24.8. The summed E-state index contributed by atoms with van der Waals surface area (Å²) in [5, 5.41) is 20.9. The first-order valence-electron chi connectivity index (χ1n) is 7.89. The molecule has 3 rings (SSSR count). The van der Waals surface area contributed by atoms with Crippen molar-refractivity contribution < 1.29 is 19.6 Å². The number of hydrogen-bond donors (Lipinski definition) is 1. The number of thioether (sulfide) groups is 1. The van der Waals surface area contributed by atoms with E-state index in [9.17, 15) is 20.0 Å². The molecule has 1 saturated heterocycles. The average Bonchev–Trinajstić information content (AvgIpc) is 2.91. The molecule has 2 aromatic rings. The smallest absolute Gasteiger partial charge is 0.270 e. The van der Waals surface area contributed by atoms with Crippen molar-refractivity contribution in [2.24, 2.45) is 0 Å². The number of anilines is 1. The second-order valence-electron chi connectivity index (χ2n) is 5.44. The predicted molar refractivity (Wildman–Crippen MR) is 108 cm³/mol. The number of amides is 1. The maximum absolute atomic E-state index is 12.8. The molecule has 7 nitrogen and oxygen atoms in total. The third-order valence-electron chi connectivity index (χ3n) is 3.71. The van der Waals surface area contributed by atoms with Crippen LogP contribution in [0.4, 0.5) is 11.4 Å². The molecular formula is C18H14N2O5S2. The van der Waals surface area contributed by atoms with Gasteiger partial charge in [0.15, 0.2) is 4.32 Å². The number of nitro groups is 1. The Bertz CT molecular complexity index is 957. The molecule has 1 amide bonds. The Kier molecular flexibility index (Phi) is 5.43. The third-order valence-corrected chi connectivity index (χ3v) is 5.01. The first kappa shape index (κ1) is 18.9. The number of aromatic hydroxyl groups is 1. The maximum Gasteiger partial charge on any atom is 0.270 e. The van der Waals surface area contributed by atoms with Gasteiger partial charge < -0.3 is 9.84 Å². The maximum atomic E-state index is 12.8. The zero-order valence-corrected chi connectivity index (χ0v) is 15.8. The number of nitro benzene ring substituents is 1. The molecule has 1 heterocycles. The van der Waals surface area contributed by atoms with Crippen LogP contribution in [0.2, 0.25) is 0 Å². The molecule has 2 aromatic carbocycles. The van der Waals surface area contributed by atoms with Crippen molar-refractivity contribution in [1.82, 2.24) is 0 Å². The second-order valence-corrected chi connectivity index (χ2v) is 7.12. The summed E-state index contributed by atoms with van der Waals surface area (Å²) in [5.74, 6) is 0.163. The van der Waals surface area contributed by atoms with Gasteiger partial charge in [-0.25, -0.2) is 0 Å². The molecule has 1 N–H and O–H groups in total. The van der Waals surface area contributed by atoms with Crippen LogP contribution < -0.4 is 9.64 Å². The number of ether oxygens (including phenoxy) is 1. The van der Waals surface area contributed by atoms with Crippen LogP contribution in [-0.4, -0.2) is 26.9 Å². The van der Waals surface area contributed by atoms with Crippen LogP contribution >= 0.6 is 24.0 Å². The summed E-state index contributed by atoms with van der Waals surface area (Å²) in [6.07, 6.45) is 1.40. The largest absolute Gasteiger partial charge is 0.507 e. The highest BCUT2D eigenvalue weighted by molar-refractivity contribution is 8.27. The van der Waals surface area contributed by atoms with Gasteiger partial charge in [-0.15, -0.1) is 0 Å². The number of rotatable bonds is 5. The van der Waals surface area contributed by atoms with Crippen LogP contribution in [0.25, 0.3) is 6.08 Å². The van der Waals surface area contributed by atoms with Crippen molar-refractivity contribution in [2.75, 3.05) is 11.5 Å². The molecule has 27 heavy (non-hydrogen) atoms.